The maximum Gasteiger partial charge on any atom is 0.311 e. The molecule has 0 spiro atoms. The zero-order valence-electron chi connectivity index (χ0n) is 19.0. The number of halogens is 2. The van der Waals surface area contributed by atoms with Crippen LogP contribution in [0.25, 0.3) is 11.1 Å². The van der Waals surface area contributed by atoms with E-state index in [2.05, 4.69) is 15.6 Å². The highest BCUT2D eigenvalue weighted by Gasteiger charge is 2.18. The molecule has 0 aliphatic carbocycles. The Balaban J connectivity index is 1.65. The lowest BCUT2D eigenvalue weighted by molar-refractivity contribution is -0.384. The van der Waals surface area contributed by atoms with Crippen molar-refractivity contribution in [3.63, 3.8) is 0 Å². The van der Waals surface area contributed by atoms with Gasteiger partial charge in [0, 0.05) is 59.3 Å². The lowest BCUT2D eigenvalue weighted by Gasteiger charge is -2.09. The summed E-state index contributed by atoms with van der Waals surface area (Å²) in [7, 11) is 0. The van der Waals surface area contributed by atoms with Crippen LogP contribution in [0, 0.1) is 10.1 Å². The molecule has 0 saturated carbocycles. The number of amides is 1. The summed E-state index contributed by atoms with van der Waals surface area (Å²) < 4.78 is 1.92. The molecule has 5 N–H and O–H groups in total. The molecule has 0 saturated heterocycles. The van der Waals surface area contributed by atoms with Gasteiger partial charge >= 0.3 is 5.69 Å². The number of pyridine rings is 1. The standard InChI is InChI=1S/C23H26Cl2N6O4/c1-14(32)11-28-23(33)18-13-30(12-17(18)16-5-4-15(24)10-19(16)25)9-3-2-8-27-21-7-6-20(31(34)35)22(26)29-21/h4-7,10,12-14,32H,2-3,8-9,11H2,1H3,(H,28,33)(H3,26,27,29)/t14-/m1/s1. The molecule has 0 radical (unpaired) electrons. The molecule has 12 heteroatoms. The molecule has 1 atom stereocenters. The maximum absolute atomic E-state index is 12.8. The minimum atomic E-state index is -0.670. The first-order chi connectivity index (χ1) is 16.7. The van der Waals surface area contributed by atoms with E-state index in [1.807, 2.05) is 10.8 Å². The summed E-state index contributed by atoms with van der Waals surface area (Å²) in [5, 5.41) is 27.1. The number of hydrogen-bond acceptors (Lipinski definition) is 7. The number of aliphatic hydroxyl groups is 1. The Bertz CT molecular complexity index is 1210. The third kappa shape index (κ3) is 7.08. The Morgan fingerprint density at radius 2 is 2.00 bits per heavy atom. The minimum Gasteiger partial charge on any atom is -0.392 e. The quantitative estimate of drug-likeness (QED) is 0.167. The van der Waals surface area contributed by atoms with Gasteiger partial charge in [0.2, 0.25) is 5.82 Å². The number of aryl methyl sites for hydroxylation is 1. The van der Waals surface area contributed by atoms with Crippen molar-refractivity contribution in [1.29, 1.82) is 0 Å². The van der Waals surface area contributed by atoms with Crippen molar-refractivity contribution in [2.45, 2.75) is 32.4 Å². The SMILES string of the molecule is C[C@@H](O)CNC(=O)c1cn(CCCCNc2ccc([N+](=O)[O-])c(N)n2)cc1-c1ccc(Cl)cc1Cl. The molecule has 3 rings (SSSR count). The van der Waals surface area contributed by atoms with Crippen LogP contribution in [0.2, 0.25) is 10.0 Å². The first kappa shape index (κ1) is 26.3. The number of aliphatic hydroxyl groups excluding tert-OH is 1. The van der Waals surface area contributed by atoms with Gasteiger partial charge in [-0.05, 0) is 38.0 Å². The average Bonchev–Trinajstić information content (AvgIpc) is 3.21. The lowest BCUT2D eigenvalue weighted by Crippen LogP contribution is -2.30. The number of benzene rings is 1. The molecule has 186 valence electrons. The molecule has 3 aromatic rings. The van der Waals surface area contributed by atoms with E-state index in [9.17, 15) is 20.0 Å². The number of nitrogens with one attached hydrogen (secondary N) is 2. The van der Waals surface area contributed by atoms with Crippen molar-refractivity contribution in [3.05, 3.63) is 68.4 Å². The molecule has 0 fully saturated rings. The Morgan fingerprint density at radius 3 is 2.66 bits per heavy atom. The van der Waals surface area contributed by atoms with Crippen LogP contribution in [0.5, 0.6) is 0 Å². The average molecular weight is 521 g/mol. The number of anilines is 2. The van der Waals surface area contributed by atoms with Crippen LogP contribution in [0.4, 0.5) is 17.3 Å². The van der Waals surface area contributed by atoms with Crippen LogP contribution in [-0.2, 0) is 6.54 Å². The second-order valence-corrected chi connectivity index (χ2v) is 8.84. The van der Waals surface area contributed by atoms with E-state index < -0.39 is 11.0 Å². The van der Waals surface area contributed by atoms with Gasteiger partial charge in [0.1, 0.15) is 5.82 Å². The molecule has 1 amide bonds. The third-order valence-electron chi connectivity index (χ3n) is 5.15. The smallest absolute Gasteiger partial charge is 0.311 e. The number of nitrogens with two attached hydrogens (primary N) is 1. The monoisotopic (exact) mass is 520 g/mol. The number of nitrogens with zero attached hydrogens (tertiary/aromatic N) is 3. The molecular formula is C23H26Cl2N6O4. The zero-order chi connectivity index (χ0) is 25.5. The molecule has 2 heterocycles. The summed E-state index contributed by atoms with van der Waals surface area (Å²) in [6.45, 7) is 2.95. The van der Waals surface area contributed by atoms with Crippen molar-refractivity contribution in [3.8, 4) is 11.1 Å². The largest absolute Gasteiger partial charge is 0.392 e. The van der Waals surface area contributed by atoms with E-state index in [-0.39, 0.29) is 24.0 Å². The van der Waals surface area contributed by atoms with Gasteiger partial charge in [0.05, 0.1) is 16.6 Å². The number of nitrogen functional groups attached to an aromatic ring is 1. The fourth-order valence-electron chi connectivity index (χ4n) is 3.43. The fourth-order valence-corrected chi connectivity index (χ4v) is 3.94. The van der Waals surface area contributed by atoms with Crippen LogP contribution >= 0.6 is 23.2 Å². The number of aromatic nitrogens is 2. The van der Waals surface area contributed by atoms with Crippen molar-refractivity contribution in [2.75, 3.05) is 24.1 Å². The number of rotatable bonds is 11. The molecule has 0 unspecified atom stereocenters. The summed E-state index contributed by atoms with van der Waals surface area (Å²) in [6.07, 6.45) is 4.50. The number of hydrogen-bond donors (Lipinski definition) is 4. The molecular weight excluding hydrogens is 495 g/mol. The Labute approximate surface area is 212 Å². The van der Waals surface area contributed by atoms with Crippen LogP contribution in [0.1, 0.15) is 30.1 Å². The number of nitro groups is 1. The van der Waals surface area contributed by atoms with Crippen molar-refractivity contribution >= 4 is 46.4 Å². The van der Waals surface area contributed by atoms with E-state index in [1.54, 1.807) is 31.3 Å². The Kier molecular flexibility index (Phi) is 8.91. The molecule has 10 nitrogen and oxygen atoms in total. The number of unbranched alkanes of at least 4 members (excludes halogenated alkanes) is 1. The maximum atomic E-state index is 12.8. The van der Waals surface area contributed by atoms with Gasteiger partial charge < -0.3 is 26.0 Å². The summed E-state index contributed by atoms with van der Waals surface area (Å²) in [5.74, 6) is 0.0158. The normalized spacial score (nSPS) is 11.8. The predicted molar refractivity (Wildman–Crippen MR) is 137 cm³/mol. The first-order valence-electron chi connectivity index (χ1n) is 10.9. The van der Waals surface area contributed by atoms with E-state index in [0.717, 1.165) is 12.8 Å². The van der Waals surface area contributed by atoms with Gasteiger partial charge in [0.15, 0.2) is 0 Å². The Morgan fingerprint density at radius 1 is 1.23 bits per heavy atom. The highest BCUT2D eigenvalue weighted by Crippen LogP contribution is 2.33. The second-order valence-electron chi connectivity index (χ2n) is 8.00. The van der Waals surface area contributed by atoms with Crippen LogP contribution in [0.15, 0.2) is 42.7 Å². The topological polar surface area (TPSA) is 148 Å². The summed E-state index contributed by atoms with van der Waals surface area (Å²) >= 11 is 12.4. The number of carbonyl (C=O) groups excluding carboxylic acids is 1. The summed E-state index contributed by atoms with van der Waals surface area (Å²) in [4.78, 5) is 27.0. The highest BCUT2D eigenvalue weighted by molar-refractivity contribution is 6.36. The van der Waals surface area contributed by atoms with E-state index in [0.29, 0.717) is 45.6 Å². The van der Waals surface area contributed by atoms with E-state index in [4.69, 9.17) is 28.9 Å². The highest BCUT2D eigenvalue weighted by atomic mass is 35.5. The van der Waals surface area contributed by atoms with Crippen molar-refractivity contribution in [2.24, 2.45) is 0 Å². The Hall–Kier alpha value is -3.34. The second kappa shape index (κ2) is 11.9. The van der Waals surface area contributed by atoms with Crippen LogP contribution < -0.4 is 16.4 Å². The molecule has 2 aromatic heterocycles. The van der Waals surface area contributed by atoms with Crippen LogP contribution in [0.3, 0.4) is 0 Å². The zero-order valence-corrected chi connectivity index (χ0v) is 20.5. The third-order valence-corrected chi connectivity index (χ3v) is 5.70. The van der Waals surface area contributed by atoms with Crippen LogP contribution in [-0.4, -0.2) is 44.7 Å². The minimum absolute atomic E-state index is 0.130. The van der Waals surface area contributed by atoms with Gasteiger partial charge in [-0.15, -0.1) is 0 Å². The predicted octanol–water partition coefficient (Wildman–Crippen LogP) is 4.35. The number of carbonyl (C=O) groups is 1. The molecule has 35 heavy (non-hydrogen) atoms. The van der Waals surface area contributed by atoms with E-state index >= 15 is 0 Å². The molecule has 1 aromatic carbocycles. The molecule has 0 aliphatic heterocycles. The van der Waals surface area contributed by atoms with Gasteiger partial charge in [-0.3, -0.25) is 14.9 Å². The fraction of sp³-hybridized carbons (Fsp3) is 0.304. The van der Waals surface area contributed by atoms with Crippen molar-refractivity contribution < 1.29 is 14.8 Å². The van der Waals surface area contributed by atoms with Gasteiger partial charge in [-0.25, -0.2) is 4.98 Å². The molecule has 0 bridgehead atoms. The van der Waals surface area contributed by atoms with Gasteiger partial charge in [0.25, 0.3) is 5.91 Å². The van der Waals surface area contributed by atoms with Gasteiger partial charge in [-0.2, -0.15) is 0 Å². The summed E-state index contributed by atoms with van der Waals surface area (Å²) in [6, 6.07) is 7.93. The summed E-state index contributed by atoms with van der Waals surface area (Å²) in [5.41, 5.74) is 7.18. The van der Waals surface area contributed by atoms with E-state index in [1.165, 1.54) is 12.1 Å². The first-order valence-corrected chi connectivity index (χ1v) is 11.7. The van der Waals surface area contributed by atoms with Gasteiger partial charge in [-0.1, -0.05) is 29.3 Å². The lowest BCUT2D eigenvalue weighted by atomic mass is 10.0. The van der Waals surface area contributed by atoms with Crippen molar-refractivity contribution in [1.82, 2.24) is 14.9 Å². The molecule has 0 aliphatic rings.